The van der Waals surface area contributed by atoms with E-state index in [0.717, 1.165) is 17.9 Å². The average molecular weight is 379 g/mol. The number of hydrogen-bond donors (Lipinski definition) is 0. The van der Waals surface area contributed by atoms with Crippen molar-refractivity contribution in [1.82, 2.24) is 0 Å². The van der Waals surface area contributed by atoms with Gasteiger partial charge in [0.25, 0.3) is 0 Å². The molecule has 1 atom stereocenters. The summed E-state index contributed by atoms with van der Waals surface area (Å²) in [5.74, 6) is 1.25. The molecule has 0 spiro atoms. The molecule has 0 heterocycles. The maximum Gasteiger partial charge on any atom is 0.129 e. The van der Waals surface area contributed by atoms with Crippen LogP contribution in [0.25, 0.3) is 0 Å². The van der Waals surface area contributed by atoms with Crippen LogP contribution < -0.4 is 0 Å². The predicted molar refractivity (Wildman–Crippen MR) is 115 cm³/mol. The fourth-order valence-electron chi connectivity index (χ4n) is 4.30. The van der Waals surface area contributed by atoms with Crippen molar-refractivity contribution >= 4 is 0 Å². The van der Waals surface area contributed by atoms with E-state index in [0.29, 0.717) is 18.1 Å². The molecule has 1 aliphatic rings. The van der Waals surface area contributed by atoms with Gasteiger partial charge in [-0.1, -0.05) is 54.6 Å². The maximum absolute atomic E-state index is 14.3. The molecule has 0 aliphatic heterocycles. The van der Waals surface area contributed by atoms with Crippen molar-refractivity contribution < 1.29 is 9.13 Å². The zero-order valence-corrected chi connectivity index (χ0v) is 16.7. The first kappa shape index (κ1) is 20.5. The van der Waals surface area contributed by atoms with Crippen LogP contribution in [0.4, 0.5) is 4.39 Å². The lowest BCUT2D eigenvalue weighted by Crippen LogP contribution is -2.13. The monoisotopic (exact) mass is 378 g/mol. The SMILES string of the molecule is C=CCC[C@H]1CC[C@H](c2ccc(C(OCC=C)c3ccccc3F)cc2)CC1. The van der Waals surface area contributed by atoms with E-state index < -0.39 is 6.10 Å². The first-order valence-corrected chi connectivity index (χ1v) is 10.4. The summed E-state index contributed by atoms with van der Waals surface area (Å²) in [6.45, 7) is 7.94. The van der Waals surface area contributed by atoms with Crippen molar-refractivity contribution in [1.29, 1.82) is 0 Å². The van der Waals surface area contributed by atoms with Crippen molar-refractivity contribution in [2.75, 3.05) is 6.61 Å². The van der Waals surface area contributed by atoms with Crippen LogP contribution >= 0.6 is 0 Å². The molecule has 0 N–H and O–H groups in total. The number of rotatable bonds is 9. The summed E-state index contributed by atoms with van der Waals surface area (Å²) in [6.07, 6.45) is 10.9. The third-order valence-electron chi connectivity index (χ3n) is 5.90. The summed E-state index contributed by atoms with van der Waals surface area (Å²) in [5, 5.41) is 0. The van der Waals surface area contributed by atoms with Gasteiger partial charge in [0.05, 0.1) is 6.61 Å². The van der Waals surface area contributed by atoms with Crippen LogP contribution in [0, 0.1) is 11.7 Å². The highest BCUT2D eigenvalue weighted by molar-refractivity contribution is 5.34. The second-order valence-corrected chi connectivity index (χ2v) is 7.77. The Labute approximate surface area is 168 Å². The van der Waals surface area contributed by atoms with Gasteiger partial charge in [0.1, 0.15) is 11.9 Å². The summed E-state index contributed by atoms with van der Waals surface area (Å²) < 4.78 is 20.3. The first-order valence-electron chi connectivity index (χ1n) is 10.4. The molecule has 2 aromatic carbocycles. The third-order valence-corrected chi connectivity index (χ3v) is 5.90. The van der Waals surface area contributed by atoms with Crippen LogP contribution in [-0.2, 0) is 4.74 Å². The number of benzene rings is 2. The van der Waals surface area contributed by atoms with Gasteiger partial charge in [-0.25, -0.2) is 4.39 Å². The van der Waals surface area contributed by atoms with Gasteiger partial charge < -0.3 is 4.74 Å². The summed E-state index contributed by atoms with van der Waals surface area (Å²) >= 11 is 0. The Kier molecular flexibility index (Phi) is 7.62. The molecule has 1 unspecified atom stereocenters. The van der Waals surface area contributed by atoms with Gasteiger partial charge in [-0.2, -0.15) is 0 Å². The zero-order valence-electron chi connectivity index (χ0n) is 16.7. The summed E-state index contributed by atoms with van der Waals surface area (Å²) in [7, 11) is 0. The van der Waals surface area contributed by atoms with Crippen LogP contribution in [0.2, 0.25) is 0 Å². The minimum atomic E-state index is -0.414. The van der Waals surface area contributed by atoms with E-state index in [2.05, 4.69) is 37.4 Å². The van der Waals surface area contributed by atoms with E-state index in [4.69, 9.17) is 4.74 Å². The van der Waals surface area contributed by atoms with Crippen molar-refractivity contribution in [2.45, 2.75) is 50.5 Å². The lowest BCUT2D eigenvalue weighted by Gasteiger charge is -2.29. The van der Waals surface area contributed by atoms with Gasteiger partial charge in [-0.3, -0.25) is 0 Å². The summed E-state index contributed by atoms with van der Waals surface area (Å²) in [6, 6.07) is 15.4. The normalized spacial score (nSPS) is 20.5. The second-order valence-electron chi connectivity index (χ2n) is 7.77. The van der Waals surface area contributed by atoms with Crippen LogP contribution in [0.1, 0.15) is 67.2 Å². The molecule has 1 fully saturated rings. The summed E-state index contributed by atoms with van der Waals surface area (Å²) in [5.41, 5.74) is 2.94. The van der Waals surface area contributed by atoms with Gasteiger partial charge in [0, 0.05) is 5.56 Å². The highest BCUT2D eigenvalue weighted by Gasteiger charge is 2.23. The van der Waals surface area contributed by atoms with Crippen molar-refractivity contribution in [2.24, 2.45) is 5.92 Å². The Bertz CT molecular complexity index is 756. The van der Waals surface area contributed by atoms with E-state index in [1.165, 1.54) is 43.7 Å². The van der Waals surface area contributed by atoms with E-state index in [-0.39, 0.29) is 5.82 Å². The number of hydrogen-bond acceptors (Lipinski definition) is 1. The van der Waals surface area contributed by atoms with E-state index in [9.17, 15) is 4.39 Å². The van der Waals surface area contributed by atoms with Crippen LogP contribution in [0.5, 0.6) is 0 Å². The maximum atomic E-state index is 14.3. The lowest BCUT2D eigenvalue weighted by atomic mass is 9.77. The van der Waals surface area contributed by atoms with Crippen LogP contribution in [-0.4, -0.2) is 6.61 Å². The Morgan fingerprint density at radius 3 is 2.32 bits per heavy atom. The highest BCUT2D eigenvalue weighted by atomic mass is 19.1. The molecule has 0 bridgehead atoms. The zero-order chi connectivity index (χ0) is 19.8. The Morgan fingerprint density at radius 1 is 0.964 bits per heavy atom. The molecule has 0 aromatic heterocycles. The van der Waals surface area contributed by atoms with Crippen molar-refractivity contribution in [3.8, 4) is 0 Å². The Balaban J connectivity index is 1.70. The van der Waals surface area contributed by atoms with Gasteiger partial charge >= 0.3 is 0 Å². The van der Waals surface area contributed by atoms with Gasteiger partial charge in [-0.15, -0.1) is 13.2 Å². The Morgan fingerprint density at radius 2 is 1.68 bits per heavy atom. The molecular formula is C26H31FO. The molecule has 1 saturated carbocycles. The Hall–Kier alpha value is -2.19. The molecule has 2 aromatic rings. The molecule has 1 nitrogen and oxygen atoms in total. The minimum absolute atomic E-state index is 0.238. The highest BCUT2D eigenvalue weighted by Crippen LogP contribution is 2.38. The number of halogens is 1. The molecule has 148 valence electrons. The van der Waals surface area contributed by atoms with Gasteiger partial charge in [0.2, 0.25) is 0 Å². The van der Waals surface area contributed by atoms with Crippen LogP contribution in [0.3, 0.4) is 0 Å². The largest absolute Gasteiger partial charge is 0.365 e. The van der Waals surface area contributed by atoms with E-state index in [1.807, 2.05) is 12.1 Å². The first-order chi connectivity index (χ1) is 13.7. The topological polar surface area (TPSA) is 9.23 Å². The fraction of sp³-hybridized carbons (Fsp3) is 0.385. The van der Waals surface area contributed by atoms with Crippen molar-refractivity contribution in [3.63, 3.8) is 0 Å². The number of ether oxygens (including phenoxy) is 1. The molecule has 0 amide bonds. The molecule has 3 rings (SSSR count). The smallest absolute Gasteiger partial charge is 0.129 e. The molecule has 1 aliphatic carbocycles. The second kappa shape index (κ2) is 10.4. The van der Waals surface area contributed by atoms with Crippen LogP contribution in [0.15, 0.2) is 73.8 Å². The van der Waals surface area contributed by atoms with E-state index in [1.54, 1.807) is 18.2 Å². The van der Waals surface area contributed by atoms with E-state index >= 15 is 0 Å². The summed E-state index contributed by atoms with van der Waals surface area (Å²) in [4.78, 5) is 0. The minimum Gasteiger partial charge on any atom is -0.365 e. The molecule has 0 radical (unpaired) electrons. The fourth-order valence-corrected chi connectivity index (χ4v) is 4.30. The van der Waals surface area contributed by atoms with Gasteiger partial charge in [0.15, 0.2) is 0 Å². The number of allylic oxidation sites excluding steroid dienone is 1. The molecule has 0 saturated heterocycles. The molecule has 28 heavy (non-hydrogen) atoms. The average Bonchev–Trinajstić information content (AvgIpc) is 2.74. The standard InChI is InChI=1S/C26H31FO/c1-3-5-8-20-11-13-21(14-12-20)22-15-17-23(18-16-22)26(28-19-4-2)24-9-6-7-10-25(24)27/h3-4,6-7,9-10,15-18,20-21,26H,1-2,5,8,11-14,19H2/t20-,21-,26?. The molecular weight excluding hydrogens is 347 g/mol. The quantitative estimate of drug-likeness (QED) is 0.414. The molecule has 2 heteroatoms. The lowest BCUT2D eigenvalue weighted by molar-refractivity contribution is 0.101. The third kappa shape index (κ3) is 5.20. The van der Waals surface area contributed by atoms with Crippen molar-refractivity contribution in [3.05, 3.63) is 96.3 Å². The van der Waals surface area contributed by atoms with Gasteiger partial charge in [-0.05, 0) is 67.6 Å². The predicted octanol–water partition coefficient (Wildman–Crippen LogP) is 7.36.